The summed E-state index contributed by atoms with van der Waals surface area (Å²) < 4.78 is 5.41. The Morgan fingerprint density at radius 3 is 2.24 bits per heavy atom. The van der Waals surface area contributed by atoms with Crippen molar-refractivity contribution >= 4 is 63.4 Å². The first kappa shape index (κ1) is 26.8. The highest BCUT2D eigenvalue weighted by Gasteiger charge is 2.61. The van der Waals surface area contributed by atoms with Crippen LogP contribution < -0.4 is 4.90 Å². The van der Waals surface area contributed by atoms with Gasteiger partial charge in [0.1, 0.15) is 0 Å². The minimum atomic E-state index is -0.681. The van der Waals surface area contributed by atoms with E-state index in [1.807, 2.05) is 6.07 Å². The van der Waals surface area contributed by atoms with Crippen molar-refractivity contribution in [3.05, 3.63) is 94.0 Å². The number of ketones is 1. The maximum absolute atomic E-state index is 13.2. The summed E-state index contributed by atoms with van der Waals surface area (Å²) in [7, 11) is 0. The van der Waals surface area contributed by atoms with Crippen LogP contribution in [0.3, 0.4) is 0 Å². The van der Waals surface area contributed by atoms with Crippen LogP contribution in [0.5, 0.6) is 0 Å². The molecule has 3 aliphatic rings. The normalized spacial score (nSPS) is 22.6. The number of aromatic nitrogens is 1. The zero-order valence-corrected chi connectivity index (χ0v) is 23.8. The Labute approximate surface area is 251 Å². The van der Waals surface area contributed by atoms with Crippen molar-refractivity contribution in [1.82, 2.24) is 4.98 Å². The Hall–Kier alpha value is -4.07. The molecule has 4 atom stereocenters. The van der Waals surface area contributed by atoms with E-state index in [0.717, 1.165) is 19.3 Å². The number of amides is 2. The Kier molecular flexibility index (Phi) is 6.59. The fraction of sp³-hybridized carbons (Fsp3) is 0.242. The first-order valence-electron chi connectivity index (χ1n) is 13.8. The largest absolute Gasteiger partial charge is 0.454 e. The number of para-hydroxylation sites is 1. The molecule has 1 aromatic heterocycles. The second-order valence-electron chi connectivity index (χ2n) is 11.1. The third kappa shape index (κ3) is 4.39. The number of nitrogens with zero attached hydrogens (tertiary/aromatic N) is 2. The number of esters is 1. The van der Waals surface area contributed by atoms with Gasteiger partial charge in [0.15, 0.2) is 6.61 Å². The van der Waals surface area contributed by atoms with Crippen LogP contribution in [0.2, 0.25) is 10.0 Å². The van der Waals surface area contributed by atoms with E-state index in [0.29, 0.717) is 44.7 Å². The van der Waals surface area contributed by atoms with E-state index in [9.17, 15) is 19.2 Å². The second kappa shape index (κ2) is 10.3. The van der Waals surface area contributed by atoms with Gasteiger partial charge in [0.2, 0.25) is 17.6 Å². The zero-order chi connectivity index (χ0) is 29.1. The molecule has 3 aromatic carbocycles. The second-order valence-corrected chi connectivity index (χ2v) is 12.0. The molecular weight excluding hydrogens is 575 g/mol. The standard InChI is InChI=1S/C33H24Cl2N2O5/c34-20-9-12-23(25(35)14-20)28(38)16-42-33(41)24-15-27(36-26-4-2-1-3-22(24)26)17-7-10-21(11-8-17)37-31(39)29-18-5-6-19(13-18)30(29)32(37)40/h1-4,7-12,14-15,18-19,29-30H,5-6,13,16H2/t18-,19-,29-,30+/m0/s1. The lowest BCUT2D eigenvalue weighted by atomic mass is 9.81. The number of hydrogen-bond donors (Lipinski definition) is 0. The van der Waals surface area contributed by atoms with Gasteiger partial charge in [-0.1, -0.05) is 53.5 Å². The van der Waals surface area contributed by atoms with Crippen LogP contribution in [0, 0.1) is 23.7 Å². The maximum Gasteiger partial charge on any atom is 0.339 e. The van der Waals surface area contributed by atoms with Crippen LogP contribution in [0.25, 0.3) is 22.2 Å². The molecule has 3 fully saturated rings. The number of rotatable bonds is 6. The van der Waals surface area contributed by atoms with Gasteiger partial charge < -0.3 is 4.74 Å². The molecule has 210 valence electrons. The molecular formula is C33H24Cl2N2O5. The highest BCUT2D eigenvalue weighted by atomic mass is 35.5. The number of pyridine rings is 1. The SMILES string of the molecule is O=C(COC(=O)c1cc(-c2ccc(N3C(=O)[C@@H]4[C@H]5CC[C@@H](C5)[C@@H]4C3=O)cc2)nc2ccccc12)c1ccc(Cl)cc1Cl. The van der Waals surface area contributed by atoms with Gasteiger partial charge >= 0.3 is 5.97 Å². The van der Waals surface area contributed by atoms with Gasteiger partial charge in [0.05, 0.1) is 39.3 Å². The molecule has 2 amide bonds. The predicted octanol–water partition coefficient (Wildman–Crippen LogP) is 6.78. The van der Waals surface area contributed by atoms with Crippen LogP contribution in [0.15, 0.2) is 72.8 Å². The molecule has 2 saturated carbocycles. The summed E-state index contributed by atoms with van der Waals surface area (Å²) in [5, 5.41) is 1.15. The molecule has 0 unspecified atom stereocenters. The Balaban J connectivity index is 1.15. The van der Waals surface area contributed by atoms with Gasteiger partial charge in [-0.05, 0) is 73.6 Å². The van der Waals surface area contributed by atoms with Gasteiger partial charge in [-0.15, -0.1) is 0 Å². The molecule has 9 heteroatoms. The van der Waals surface area contributed by atoms with Crippen molar-refractivity contribution in [2.75, 3.05) is 11.5 Å². The average molecular weight is 599 g/mol. The van der Waals surface area contributed by atoms with Crippen molar-refractivity contribution in [2.24, 2.45) is 23.7 Å². The van der Waals surface area contributed by atoms with E-state index in [4.69, 9.17) is 32.9 Å². The molecule has 0 N–H and O–H groups in total. The van der Waals surface area contributed by atoms with Crippen molar-refractivity contribution in [2.45, 2.75) is 19.3 Å². The number of benzene rings is 3. The molecule has 2 aliphatic carbocycles. The molecule has 42 heavy (non-hydrogen) atoms. The molecule has 4 aromatic rings. The molecule has 2 heterocycles. The molecule has 7 rings (SSSR count). The first-order chi connectivity index (χ1) is 20.3. The van der Waals surface area contributed by atoms with Crippen molar-refractivity contribution in [3.8, 4) is 11.3 Å². The smallest absolute Gasteiger partial charge is 0.339 e. The van der Waals surface area contributed by atoms with E-state index in [1.165, 1.54) is 17.0 Å². The number of fused-ring (bicyclic) bond motifs is 6. The van der Waals surface area contributed by atoms with Gasteiger partial charge in [-0.25, -0.2) is 9.78 Å². The number of hydrogen-bond acceptors (Lipinski definition) is 6. The van der Waals surface area contributed by atoms with E-state index < -0.39 is 18.4 Å². The molecule has 1 saturated heterocycles. The van der Waals surface area contributed by atoms with Crippen LogP contribution in [0.1, 0.15) is 40.0 Å². The summed E-state index contributed by atoms with van der Waals surface area (Å²) >= 11 is 12.1. The minimum absolute atomic E-state index is 0.0896. The fourth-order valence-electron chi connectivity index (χ4n) is 6.94. The van der Waals surface area contributed by atoms with Gasteiger partial charge in [-0.2, -0.15) is 0 Å². The summed E-state index contributed by atoms with van der Waals surface area (Å²) in [6.45, 7) is -0.498. The topological polar surface area (TPSA) is 93.6 Å². The number of imide groups is 1. The number of halogens is 2. The van der Waals surface area contributed by atoms with Crippen LogP contribution in [0.4, 0.5) is 5.69 Å². The Bertz CT molecular complexity index is 1780. The van der Waals surface area contributed by atoms with Gasteiger partial charge in [-0.3, -0.25) is 19.3 Å². The third-order valence-corrected chi connectivity index (χ3v) is 9.40. The quantitative estimate of drug-likeness (QED) is 0.138. The fourth-order valence-corrected chi connectivity index (χ4v) is 7.45. The summed E-state index contributed by atoms with van der Waals surface area (Å²) in [5.74, 6) is -1.05. The number of anilines is 1. The lowest BCUT2D eigenvalue weighted by Crippen LogP contribution is -2.32. The lowest BCUT2D eigenvalue weighted by molar-refractivity contribution is -0.123. The van der Waals surface area contributed by atoms with Crippen LogP contribution in [-0.2, 0) is 14.3 Å². The predicted molar refractivity (Wildman–Crippen MR) is 159 cm³/mol. The molecule has 7 nitrogen and oxygen atoms in total. The van der Waals surface area contributed by atoms with Crippen molar-refractivity contribution < 1.29 is 23.9 Å². The zero-order valence-electron chi connectivity index (χ0n) is 22.3. The summed E-state index contributed by atoms with van der Waals surface area (Å²) in [4.78, 5) is 58.5. The molecule has 0 spiro atoms. The molecule has 2 bridgehead atoms. The number of Topliss-reactive ketones (excluding diaryl/α,β-unsaturated/α-hetero) is 1. The maximum atomic E-state index is 13.2. The molecule has 1 aliphatic heterocycles. The van der Waals surface area contributed by atoms with E-state index in [1.54, 1.807) is 54.6 Å². The van der Waals surface area contributed by atoms with Crippen LogP contribution >= 0.6 is 23.2 Å². The molecule has 0 radical (unpaired) electrons. The highest BCUT2D eigenvalue weighted by molar-refractivity contribution is 6.37. The van der Waals surface area contributed by atoms with Crippen LogP contribution in [-0.4, -0.2) is 35.2 Å². The number of carbonyl (C=O) groups is 4. The van der Waals surface area contributed by atoms with Crippen molar-refractivity contribution in [1.29, 1.82) is 0 Å². The van der Waals surface area contributed by atoms with Gasteiger partial charge in [0.25, 0.3) is 0 Å². The Morgan fingerprint density at radius 1 is 0.857 bits per heavy atom. The van der Waals surface area contributed by atoms with E-state index in [-0.39, 0.29) is 39.8 Å². The number of carbonyl (C=O) groups excluding carboxylic acids is 4. The Morgan fingerprint density at radius 2 is 1.55 bits per heavy atom. The average Bonchev–Trinajstić information content (AvgIpc) is 3.68. The monoisotopic (exact) mass is 598 g/mol. The van der Waals surface area contributed by atoms with Gasteiger partial charge in [0, 0.05) is 21.5 Å². The summed E-state index contributed by atoms with van der Waals surface area (Å²) in [5.41, 5.74) is 2.78. The summed E-state index contributed by atoms with van der Waals surface area (Å²) in [6.07, 6.45) is 3.04. The third-order valence-electron chi connectivity index (χ3n) is 8.85. The number of ether oxygens (including phenoxy) is 1. The highest BCUT2D eigenvalue weighted by Crippen LogP contribution is 2.56. The summed E-state index contributed by atoms with van der Waals surface area (Å²) in [6, 6.07) is 20.3. The van der Waals surface area contributed by atoms with E-state index >= 15 is 0 Å². The minimum Gasteiger partial charge on any atom is -0.454 e. The first-order valence-corrected chi connectivity index (χ1v) is 14.6. The lowest BCUT2D eigenvalue weighted by Gasteiger charge is -2.19. The van der Waals surface area contributed by atoms with Crippen molar-refractivity contribution in [3.63, 3.8) is 0 Å². The van der Waals surface area contributed by atoms with E-state index in [2.05, 4.69) is 0 Å².